The molecule has 8 nitrogen and oxygen atoms in total. The van der Waals surface area contributed by atoms with Gasteiger partial charge < -0.3 is 4.90 Å². The molecule has 198 valence electrons. The molecular formula is C25H29N2O6S4+. The minimum Gasteiger partial charge on any atom is -0.335 e. The zero-order valence-electron chi connectivity index (χ0n) is 20.3. The van der Waals surface area contributed by atoms with Crippen molar-refractivity contribution in [1.82, 2.24) is 0 Å². The van der Waals surface area contributed by atoms with Crippen molar-refractivity contribution in [3.8, 4) is 0 Å². The van der Waals surface area contributed by atoms with Crippen LogP contribution in [0.3, 0.4) is 0 Å². The lowest BCUT2D eigenvalue weighted by atomic mass is 10.2. The lowest BCUT2D eigenvalue weighted by molar-refractivity contribution is -0.668. The average Bonchev–Trinajstić information content (AvgIpc) is 3.35. The molecule has 12 heteroatoms. The van der Waals surface area contributed by atoms with E-state index in [1.54, 1.807) is 23.1 Å². The van der Waals surface area contributed by atoms with Crippen LogP contribution in [0.5, 0.6) is 0 Å². The molecule has 1 aliphatic rings. The number of aromatic nitrogens is 1. The first-order valence-electron chi connectivity index (χ1n) is 11.8. The zero-order chi connectivity index (χ0) is 26.6. The molecule has 2 N–H and O–H groups in total. The molecule has 3 aromatic rings. The Balaban J connectivity index is 1.67. The first kappa shape index (κ1) is 27.8. The molecule has 2 aromatic carbocycles. The molecule has 0 saturated heterocycles. The quantitative estimate of drug-likeness (QED) is 0.240. The Kier molecular flexibility index (Phi) is 8.77. The summed E-state index contributed by atoms with van der Waals surface area (Å²) in [4.78, 5) is 3.16. The third-order valence-electron chi connectivity index (χ3n) is 5.87. The Bertz CT molecular complexity index is 1560. The van der Waals surface area contributed by atoms with Gasteiger partial charge in [0.2, 0.25) is 5.52 Å². The van der Waals surface area contributed by atoms with Gasteiger partial charge in [0.1, 0.15) is 4.70 Å². The van der Waals surface area contributed by atoms with E-state index in [4.69, 9.17) is 9.11 Å². The van der Waals surface area contributed by atoms with Gasteiger partial charge in [0.05, 0.1) is 22.2 Å². The monoisotopic (exact) mass is 581 g/mol. The Morgan fingerprint density at radius 1 is 0.973 bits per heavy atom. The summed E-state index contributed by atoms with van der Waals surface area (Å²) < 4.78 is 66.5. The maximum absolute atomic E-state index is 11.3. The van der Waals surface area contributed by atoms with Crippen LogP contribution in [0.2, 0.25) is 0 Å². The summed E-state index contributed by atoms with van der Waals surface area (Å²) in [6.07, 6.45) is 5.54. The topological polar surface area (TPSA) is 116 Å². The van der Waals surface area contributed by atoms with Crippen molar-refractivity contribution in [2.45, 2.75) is 37.6 Å². The van der Waals surface area contributed by atoms with Crippen LogP contribution in [0.25, 0.3) is 16.3 Å². The molecule has 0 spiro atoms. The maximum Gasteiger partial charge on any atom is 0.265 e. The van der Waals surface area contributed by atoms with E-state index in [0.29, 0.717) is 25.9 Å². The maximum atomic E-state index is 11.3. The molecule has 0 saturated carbocycles. The highest BCUT2D eigenvalue weighted by Crippen LogP contribution is 2.46. The molecule has 37 heavy (non-hydrogen) atoms. The number of nitrogens with zero attached hydrogens (tertiary/aromatic N) is 2. The summed E-state index contributed by atoms with van der Waals surface area (Å²) in [5, 5.41) is 1.95. The molecule has 0 fully saturated rings. The van der Waals surface area contributed by atoms with Crippen molar-refractivity contribution in [3.63, 3.8) is 0 Å². The number of para-hydroxylation sites is 2. The number of fused-ring (bicyclic) bond motifs is 2. The van der Waals surface area contributed by atoms with E-state index in [1.165, 1.54) is 0 Å². The first-order chi connectivity index (χ1) is 17.5. The summed E-state index contributed by atoms with van der Waals surface area (Å²) in [6.45, 7) is 2.96. The van der Waals surface area contributed by atoms with Crippen LogP contribution in [0.1, 0.15) is 31.2 Å². The standard InChI is InChI=1S/C25H28N2O6S4/c1-2-19(17-24-26(13-7-15-36(28,29)30)20-9-3-5-11-22(20)34-24)18-25-27(14-8-16-37(31,32)33)21-10-4-6-12-23(21)35-25/h3-6,9-12,17-18H,2,7-8,13-16H2,1H3,(H-,28,29,30,31,32,33)/p+1. The number of hydrogen-bond donors (Lipinski definition) is 2. The van der Waals surface area contributed by atoms with Gasteiger partial charge >= 0.3 is 0 Å². The third kappa shape index (κ3) is 7.43. The van der Waals surface area contributed by atoms with Gasteiger partial charge in [-0.1, -0.05) is 54.3 Å². The van der Waals surface area contributed by atoms with Gasteiger partial charge in [0.25, 0.3) is 25.2 Å². The van der Waals surface area contributed by atoms with E-state index in [0.717, 1.165) is 42.8 Å². The van der Waals surface area contributed by atoms with Crippen molar-refractivity contribution >= 4 is 65.3 Å². The number of thioether (sulfide) groups is 1. The summed E-state index contributed by atoms with van der Waals surface area (Å²) in [5.74, 6) is -0.600. The number of hydrogen-bond acceptors (Lipinski definition) is 7. The summed E-state index contributed by atoms with van der Waals surface area (Å²) in [5.41, 5.74) is 3.07. The lowest BCUT2D eigenvalue weighted by Gasteiger charge is -2.20. The van der Waals surface area contributed by atoms with Crippen molar-refractivity contribution in [2.24, 2.45) is 0 Å². The molecule has 0 unspecified atom stereocenters. The summed E-state index contributed by atoms with van der Waals surface area (Å²) >= 11 is 3.24. The number of rotatable bonds is 11. The molecule has 0 radical (unpaired) electrons. The van der Waals surface area contributed by atoms with Crippen LogP contribution in [-0.2, 0) is 26.8 Å². The lowest BCUT2D eigenvalue weighted by Crippen LogP contribution is -2.36. The van der Waals surface area contributed by atoms with Gasteiger partial charge in [0, 0.05) is 30.0 Å². The van der Waals surface area contributed by atoms with E-state index in [2.05, 4.69) is 28.5 Å². The molecule has 1 aliphatic heterocycles. The Hall–Kier alpha value is -2.22. The SMILES string of the molecule is CCC(=Cc1sc2ccccc2[n+]1CCCS(=O)(=O)O)C=C1Sc2ccccc2N1CCCS(=O)(=O)O. The molecular weight excluding hydrogens is 553 g/mol. The second kappa shape index (κ2) is 11.7. The largest absolute Gasteiger partial charge is 0.335 e. The summed E-state index contributed by atoms with van der Waals surface area (Å²) in [7, 11) is -8.07. The number of anilines is 1. The van der Waals surface area contributed by atoms with Gasteiger partial charge in [-0.3, -0.25) is 9.11 Å². The Morgan fingerprint density at radius 2 is 1.65 bits per heavy atom. The van der Waals surface area contributed by atoms with E-state index < -0.39 is 20.2 Å². The fourth-order valence-corrected chi connectivity index (χ4v) is 7.47. The highest BCUT2D eigenvalue weighted by Gasteiger charge is 2.26. The molecule has 0 atom stereocenters. The second-order valence-electron chi connectivity index (χ2n) is 8.62. The van der Waals surface area contributed by atoms with E-state index in [-0.39, 0.29) is 11.5 Å². The minimum atomic E-state index is -4.03. The average molecular weight is 582 g/mol. The molecule has 0 aliphatic carbocycles. The van der Waals surface area contributed by atoms with Crippen LogP contribution in [0.4, 0.5) is 5.69 Å². The van der Waals surface area contributed by atoms with Crippen LogP contribution in [-0.4, -0.2) is 44.0 Å². The molecule has 4 rings (SSSR count). The van der Waals surface area contributed by atoms with Crippen molar-refractivity contribution < 1.29 is 30.5 Å². The first-order valence-corrected chi connectivity index (χ1v) is 16.7. The van der Waals surface area contributed by atoms with Gasteiger partial charge in [0.15, 0.2) is 6.54 Å². The smallest absolute Gasteiger partial charge is 0.265 e. The van der Waals surface area contributed by atoms with Crippen LogP contribution in [0, 0.1) is 0 Å². The van der Waals surface area contributed by atoms with Crippen LogP contribution in [0.15, 0.2) is 70.1 Å². The van der Waals surface area contributed by atoms with Crippen LogP contribution >= 0.6 is 23.1 Å². The second-order valence-corrected chi connectivity index (χ2v) is 13.9. The van der Waals surface area contributed by atoms with Crippen molar-refractivity contribution in [3.05, 3.63) is 70.2 Å². The minimum absolute atomic E-state index is 0.292. The van der Waals surface area contributed by atoms with Gasteiger partial charge in [-0.15, -0.1) is 0 Å². The highest BCUT2D eigenvalue weighted by atomic mass is 32.2. The molecule has 0 bridgehead atoms. The fraction of sp³-hybridized carbons (Fsp3) is 0.320. The Labute approximate surface area is 225 Å². The van der Waals surface area contributed by atoms with Gasteiger partial charge in [-0.05, 0) is 42.7 Å². The van der Waals surface area contributed by atoms with Crippen LogP contribution < -0.4 is 9.47 Å². The van der Waals surface area contributed by atoms with Crippen molar-refractivity contribution in [2.75, 3.05) is 23.0 Å². The predicted octanol–water partition coefficient (Wildman–Crippen LogP) is 4.99. The van der Waals surface area contributed by atoms with Gasteiger partial charge in [-0.25, -0.2) is 0 Å². The van der Waals surface area contributed by atoms with Gasteiger partial charge in [-0.2, -0.15) is 21.4 Å². The highest BCUT2D eigenvalue weighted by molar-refractivity contribution is 8.03. The zero-order valence-corrected chi connectivity index (χ0v) is 23.5. The van der Waals surface area contributed by atoms with E-state index in [1.807, 2.05) is 48.5 Å². The van der Waals surface area contributed by atoms with E-state index in [9.17, 15) is 16.8 Å². The van der Waals surface area contributed by atoms with Crippen molar-refractivity contribution in [1.29, 1.82) is 0 Å². The number of allylic oxidation sites excluding steroid dienone is 2. The molecule has 0 amide bonds. The molecule has 1 aromatic heterocycles. The number of thiazole rings is 1. The predicted molar refractivity (Wildman–Crippen MR) is 150 cm³/mol. The Morgan fingerprint density at radius 3 is 2.38 bits per heavy atom. The normalized spacial score (nSPS) is 15.6. The number of aryl methyl sites for hydroxylation is 1. The third-order valence-corrected chi connectivity index (χ3v) is 9.70. The number of benzene rings is 2. The fourth-order valence-electron chi connectivity index (χ4n) is 4.16. The molecule has 2 heterocycles. The van der Waals surface area contributed by atoms with E-state index >= 15 is 0 Å². The summed E-state index contributed by atoms with van der Waals surface area (Å²) in [6, 6.07) is 15.9.